The molecule has 4 fully saturated rings. The maximum Gasteiger partial charge on any atom is 0.158 e. The van der Waals surface area contributed by atoms with Gasteiger partial charge in [-0.25, -0.2) is 0 Å². The van der Waals surface area contributed by atoms with Crippen molar-refractivity contribution in [2.24, 2.45) is 23.7 Å². The molecule has 2 heterocycles. The second-order valence-electron chi connectivity index (χ2n) is 11.4. The van der Waals surface area contributed by atoms with Gasteiger partial charge in [0.1, 0.15) is 6.61 Å². The standard InChI is InChI=1S/C27H47NO3/c1-20(2)30-18-22-7-10-24(11-8-22)28-15-13-21(14-16-28)17-23-9-12-25(29)19-31-27-6-4-3-5-26(23)27/h20-24,26-27H,3-19H2,1-2H3/t22?,23?,24?,26-,27+/m1/s1. The molecule has 0 bridgehead atoms. The molecule has 178 valence electrons. The number of hydrogen-bond acceptors (Lipinski definition) is 4. The van der Waals surface area contributed by atoms with Gasteiger partial charge < -0.3 is 14.4 Å². The first-order valence-corrected chi connectivity index (χ1v) is 13.6. The predicted molar refractivity (Wildman–Crippen MR) is 125 cm³/mol. The monoisotopic (exact) mass is 433 g/mol. The van der Waals surface area contributed by atoms with Crippen LogP contribution in [-0.2, 0) is 14.3 Å². The second kappa shape index (κ2) is 11.6. The van der Waals surface area contributed by atoms with Gasteiger partial charge in [-0.05, 0) is 115 Å². The Bertz CT molecular complexity index is 549. The summed E-state index contributed by atoms with van der Waals surface area (Å²) in [6, 6.07) is 0.811. The van der Waals surface area contributed by atoms with Gasteiger partial charge in [-0.1, -0.05) is 12.8 Å². The maximum atomic E-state index is 12.1. The van der Waals surface area contributed by atoms with Gasteiger partial charge in [0.25, 0.3) is 0 Å². The Labute approximate surface area is 190 Å². The van der Waals surface area contributed by atoms with Gasteiger partial charge in [-0.15, -0.1) is 0 Å². The highest BCUT2D eigenvalue weighted by Crippen LogP contribution is 2.41. The van der Waals surface area contributed by atoms with E-state index in [4.69, 9.17) is 9.47 Å². The van der Waals surface area contributed by atoms with Crippen LogP contribution in [-0.4, -0.2) is 55.2 Å². The van der Waals surface area contributed by atoms with Crippen molar-refractivity contribution < 1.29 is 14.3 Å². The first kappa shape index (κ1) is 23.7. The van der Waals surface area contributed by atoms with Crippen LogP contribution in [0.25, 0.3) is 0 Å². The lowest BCUT2D eigenvalue weighted by molar-refractivity contribution is -0.132. The molecular formula is C27H47NO3. The first-order valence-electron chi connectivity index (χ1n) is 13.6. The third-order valence-corrected chi connectivity index (χ3v) is 8.89. The molecule has 2 saturated heterocycles. The van der Waals surface area contributed by atoms with E-state index >= 15 is 0 Å². The predicted octanol–water partition coefficient (Wildman–Crippen LogP) is 5.63. The topological polar surface area (TPSA) is 38.8 Å². The molecule has 4 aliphatic rings. The molecule has 1 unspecified atom stereocenters. The molecule has 2 saturated carbocycles. The molecule has 3 atom stereocenters. The molecule has 2 aliphatic carbocycles. The van der Waals surface area contributed by atoms with E-state index in [9.17, 15) is 4.79 Å². The van der Waals surface area contributed by atoms with Crippen molar-refractivity contribution in [2.75, 3.05) is 26.3 Å². The molecule has 0 spiro atoms. The fraction of sp³-hybridized carbons (Fsp3) is 0.963. The fourth-order valence-corrected chi connectivity index (χ4v) is 6.98. The summed E-state index contributed by atoms with van der Waals surface area (Å²) in [5, 5.41) is 0. The first-order chi connectivity index (χ1) is 15.1. The number of ether oxygens (including phenoxy) is 2. The second-order valence-corrected chi connectivity index (χ2v) is 11.4. The Hall–Kier alpha value is -0.450. The third kappa shape index (κ3) is 6.77. The summed E-state index contributed by atoms with van der Waals surface area (Å²) in [6.07, 6.45) is 17.2. The number of rotatable bonds is 6. The average molecular weight is 434 g/mol. The van der Waals surface area contributed by atoms with E-state index in [2.05, 4.69) is 18.7 Å². The lowest BCUT2D eigenvalue weighted by atomic mass is 9.71. The molecule has 0 radical (unpaired) electrons. The Balaban J connectivity index is 1.22. The molecule has 0 aromatic heterocycles. The van der Waals surface area contributed by atoms with Crippen molar-refractivity contribution in [3.63, 3.8) is 0 Å². The van der Waals surface area contributed by atoms with Gasteiger partial charge in [0.15, 0.2) is 5.78 Å². The van der Waals surface area contributed by atoms with Gasteiger partial charge in [0.05, 0.1) is 12.2 Å². The fourth-order valence-electron chi connectivity index (χ4n) is 6.98. The Morgan fingerprint density at radius 1 is 0.935 bits per heavy atom. The number of nitrogens with zero attached hydrogens (tertiary/aromatic N) is 1. The van der Waals surface area contributed by atoms with Gasteiger partial charge in [0.2, 0.25) is 0 Å². The van der Waals surface area contributed by atoms with Crippen molar-refractivity contribution in [2.45, 2.75) is 116 Å². The number of piperidine rings is 1. The summed E-state index contributed by atoms with van der Waals surface area (Å²) in [5.74, 6) is 3.39. The Kier molecular flexibility index (Phi) is 8.88. The molecule has 31 heavy (non-hydrogen) atoms. The number of hydrogen-bond donors (Lipinski definition) is 0. The van der Waals surface area contributed by atoms with Crippen LogP contribution in [0.1, 0.15) is 97.3 Å². The van der Waals surface area contributed by atoms with E-state index in [1.54, 1.807) is 0 Å². The number of likely N-dealkylation sites (tertiary alicyclic amines) is 1. The zero-order valence-electron chi connectivity index (χ0n) is 20.2. The number of carbonyl (C=O) groups is 1. The smallest absolute Gasteiger partial charge is 0.158 e. The third-order valence-electron chi connectivity index (χ3n) is 8.89. The van der Waals surface area contributed by atoms with Gasteiger partial charge in [-0.3, -0.25) is 4.79 Å². The molecule has 0 aromatic rings. The van der Waals surface area contributed by atoms with Crippen LogP contribution >= 0.6 is 0 Å². The minimum absolute atomic E-state index is 0.332. The Morgan fingerprint density at radius 3 is 2.42 bits per heavy atom. The van der Waals surface area contributed by atoms with E-state index in [1.165, 1.54) is 83.7 Å². The molecule has 0 aromatic carbocycles. The molecular weight excluding hydrogens is 386 g/mol. The maximum absolute atomic E-state index is 12.1. The summed E-state index contributed by atoms with van der Waals surface area (Å²) in [5.41, 5.74) is 0. The van der Waals surface area contributed by atoms with Gasteiger partial charge in [0, 0.05) is 19.1 Å². The summed E-state index contributed by atoms with van der Waals surface area (Å²) < 4.78 is 12.0. The lowest BCUT2D eigenvalue weighted by Gasteiger charge is -2.43. The normalized spacial score (nSPS) is 36.7. The molecule has 4 nitrogen and oxygen atoms in total. The Morgan fingerprint density at radius 2 is 1.68 bits per heavy atom. The molecule has 2 aliphatic heterocycles. The van der Waals surface area contributed by atoms with E-state index in [1.807, 2.05) is 0 Å². The van der Waals surface area contributed by atoms with Crippen LogP contribution in [0.15, 0.2) is 0 Å². The van der Waals surface area contributed by atoms with Crippen molar-refractivity contribution in [3.8, 4) is 0 Å². The number of Topliss-reactive ketones (excluding diaryl/α,β-unsaturated/α-hetero) is 1. The van der Waals surface area contributed by atoms with Crippen LogP contribution < -0.4 is 0 Å². The van der Waals surface area contributed by atoms with E-state index in [-0.39, 0.29) is 0 Å². The van der Waals surface area contributed by atoms with E-state index in [0.717, 1.165) is 37.3 Å². The highest BCUT2D eigenvalue weighted by molar-refractivity contribution is 5.79. The highest BCUT2D eigenvalue weighted by Gasteiger charge is 2.37. The van der Waals surface area contributed by atoms with E-state index < -0.39 is 0 Å². The number of fused-ring (bicyclic) bond motifs is 1. The van der Waals surface area contributed by atoms with Crippen LogP contribution in [0, 0.1) is 23.7 Å². The van der Waals surface area contributed by atoms with Crippen LogP contribution in [0.4, 0.5) is 0 Å². The summed E-state index contributed by atoms with van der Waals surface area (Å²) >= 11 is 0. The minimum atomic E-state index is 0.332. The van der Waals surface area contributed by atoms with Crippen molar-refractivity contribution in [3.05, 3.63) is 0 Å². The number of ketones is 1. The zero-order valence-corrected chi connectivity index (χ0v) is 20.2. The molecule has 0 N–H and O–H groups in total. The summed E-state index contributed by atoms with van der Waals surface area (Å²) in [4.78, 5) is 14.9. The van der Waals surface area contributed by atoms with Crippen molar-refractivity contribution in [1.29, 1.82) is 0 Å². The van der Waals surface area contributed by atoms with Crippen LogP contribution in [0.5, 0.6) is 0 Å². The summed E-state index contributed by atoms with van der Waals surface area (Å²) in [6.45, 7) is 8.20. The lowest BCUT2D eigenvalue weighted by Crippen LogP contribution is -2.44. The van der Waals surface area contributed by atoms with Crippen LogP contribution in [0.3, 0.4) is 0 Å². The van der Waals surface area contributed by atoms with Crippen LogP contribution in [0.2, 0.25) is 0 Å². The minimum Gasteiger partial charge on any atom is -0.379 e. The van der Waals surface area contributed by atoms with Gasteiger partial charge in [-0.2, -0.15) is 0 Å². The highest BCUT2D eigenvalue weighted by atomic mass is 16.5. The average Bonchev–Trinajstić information content (AvgIpc) is 2.79. The quantitative estimate of drug-likeness (QED) is 0.544. The molecule has 4 rings (SSSR count). The number of carbonyl (C=O) groups excluding carboxylic acids is 1. The molecule has 4 heteroatoms. The van der Waals surface area contributed by atoms with Crippen molar-refractivity contribution >= 4 is 5.78 Å². The SMILES string of the molecule is CC(C)OCC1CCC(N2CCC(CC3CCC(=O)CO[C@H]4CCCC[C@H]34)CC2)CC1. The van der Waals surface area contributed by atoms with E-state index in [0.29, 0.717) is 36.4 Å². The summed E-state index contributed by atoms with van der Waals surface area (Å²) in [7, 11) is 0. The van der Waals surface area contributed by atoms with Gasteiger partial charge >= 0.3 is 0 Å². The largest absolute Gasteiger partial charge is 0.379 e. The molecule has 0 amide bonds. The zero-order chi connectivity index (χ0) is 21.6. The van der Waals surface area contributed by atoms with Crippen molar-refractivity contribution in [1.82, 2.24) is 4.90 Å².